The van der Waals surface area contributed by atoms with Gasteiger partial charge in [0.15, 0.2) is 0 Å². The number of hydrogen-bond donors (Lipinski definition) is 0. The summed E-state index contributed by atoms with van der Waals surface area (Å²) in [4.78, 5) is -0.00785. The molecule has 5 atom stereocenters. The zero-order chi connectivity index (χ0) is 14.3. The molecule has 1 heterocycles. The van der Waals surface area contributed by atoms with Gasteiger partial charge in [0.05, 0.1) is 11.0 Å². The summed E-state index contributed by atoms with van der Waals surface area (Å²) < 4.78 is 5.99. The summed E-state index contributed by atoms with van der Waals surface area (Å²) in [6, 6.07) is 0. The first-order chi connectivity index (χ1) is 8.57. The molecule has 0 radical (unpaired) electrons. The van der Waals surface area contributed by atoms with Crippen molar-refractivity contribution in [2.75, 3.05) is 0 Å². The molecule has 0 N–H and O–H groups in total. The summed E-state index contributed by atoms with van der Waals surface area (Å²) >= 11 is 14.3. The average molecular weight is 411 g/mol. The lowest BCUT2D eigenvalue weighted by molar-refractivity contribution is 0.00251. The van der Waals surface area contributed by atoms with Crippen molar-refractivity contribution in [3.05, 3.63) is 24.3 Å². The fourth-order valence-corrected chi connectivity index (χ4v) is 5.72. The molecule has 1 nitrogen and oxygen atoms in total. The highest BCUT2D eigenvalue weighted by Crippen LogP contribution is 2.72. The van der Waals surface area contributed by atoms with E-state index in [4.69, 9.17) is 16.3 Å². The zero-order valence-electron chi connectivity index (χ0n) is 11.5. The highest BCUT2D eigenvalue weighted by molar-refractivity contribution is 9.10. The standard InChI is InChI=1S/C15H19Br2ClO/c1-9-5-6-15(17)12(2,3)14(9)7-10(16)13(4,18)8-11(14)19-15/h5-6,10-11H,1,7-8H2,2-4H3/t10-,11-,13-,14-,15-/m0/s1. The third-order valence-electron chi connectivity index (χ3n) is 5.64. The second-order valence-electron chi connectivity index (χ2n) is 6.86. The van der Waals surface area contributed by atoms with Crippen LogP contribution < -0.4 is 0 Å². The Kier molecular flexibility index (Phi) is 3.01. The second-order valence-corrected chi connectivity index (χ2v) is 10.0. The molecule has 0 unspecified atom stereocenters. The Labute approximate surface area is 137 Å². The molecular weight excluding hydrogens is 391 g/mol. The SMILES string of the molecule is C=C1C=C[C@]2(Br)O[C@H]3C[C@](C)(Cl)[C@@H](Br)C[C@]13C2(C)C. The van der Waals surface area contributed by atoms with Crippen LogP contribution in [0.3, 0.4) is 0 Å². The molecule has 0 aromatic rings. The van der Waals surface area contributed by atoms with Gasteiger partial charge in [-0.15, -0.1) is 11.6 Å². The van der Waals surface area contributed by atoms with Gasteiger partial charge < -0.3 is 4.74 Å². The molecule has 4 heteroatoms. The van der Waals surface area contributed by atoms with Crippen LogP contribution in [0, 0.1) is 10.8 Å². The lowest BCUT2D eigenvalue weighted by Gasteiger charge is -2.54. The molecule has 0 amide bonds. The Morgan fingerprint density at radius 2 is 2.00 bits per heavy atom. The van der Waals surface area contributed by atoms with Crippen molar-refractivity contribution < 1.29 is 4.74 Å². The number of allylic oxidation sites excluding steroid dienone is 1. The third-order valence-corrected chi connectivity index (χ3v) is 9.10. The molecule has 1 spiro atoms. The predicted octanol–water partition coefficient (Wildman–Crippen LogP) is 5.17. The van der Waals surface area contributed by atoms with Gasteiger partial charge in [-0.05, 0) is 47.3 Å². The molecule has 106 valence electrons. The summed E-state index contributed by atoms with van der Waals surface area (Å²) in [5.41, 5.74) is 1.08. The average Bonchev–Trinajstić information content (AvgIpc) is 2.38. The molecule has 1 saturated carbocycles. The van der Waals surface area contributed by atoms with E-state index >= 15 is 0 Å². The minimum atomic E-state index is -0.407. The molecule has 3 aliphatic rings. The van der Waals surface area contributed by atoms with Crippen LogP contribution in [0.1, 0.15) is 33.6 Å². The molecule has 3 rings (SSSR count). The first kappa shape index (κ1) is 14.6. The number of alkyl halides is 3. The molecule has 0 aromatic carbocycles. The maximum absolute atomic E-state index is 6.67. The summed E-state index contributed by atoms with van der Waals surface area (Å²) in [5, 5.41) is 0. The maximum atomic E-state index is 6.67. The van der Waals surface area contributed by atoms with Crippen molar-refractivity contribution >= 4 is 43.5 Å². The normalized spacial score (nSPS) is 55.2. The minimum absolute atomic E-state index is 0.0457. The fraction of sp³-hybridized carbons (Fsp3) is 0.733. The molecule has 1 saturated heterocycles. The lowest BCUT2D eigenvalue weighted by Crippen LogP contribution is -2.56. The Hall–Kier alpha value is 0.690. The summed E-state index contributed by atoms with van der Waals surface area (Å²) in [5.74, 6) is 0. The van der Waals surface area contributed by atoms with E-state index in [2.05, 4.69) is 71.4 Å². The third kappa shape index (κ3) is 1.56. The van der Waals surface area contributed by atoms with Crippen LogP contribution in [0.15, 0.2) is 24.3 Å². The first-order valence-corrected chi connectivity index (χ1v) is 8.74. The van der Waals surface area contributed by atoms with Crippen LogP contribution >= 0.6 is 43.5 Å². The summed E-state index contributed by atoms with van der Waals surface area (Å²) in [7, 11) is 0. The number of halogens is 3. The van der Waals surface area contributed by atoms with Crippen LogP contribution in [0.25, 0.3) is 0 Å². The maximum Gasteiger partial charge on any atom is 0.147 e. The van der Waals surface area contributed by atoms with Gasteiger partial charge in [-0.25, -0.2) is 0 Å². The zero-order valence-corrected chi connectivity index (χ0v) is 15.4. The van der Waals surface area contributed by atoms with Gasteiger partial charge in [0.1, 0.15) is 4.51 Å². The smallest absolute Gasteiger partial charge is 0.147 e. The van der Waals surface area contributed by atoms with Crippen LogP contribution in [-0.2, 0) is 4.74 Å². The van der Waals surface area contributed by atoms with E-state index in [1.165, 1.54) is 5.57 Å². The minimum Gasteiger partial charge on any atom is -0.355 e. The Morgan fingerprint density at radius 3 is 2.63 bits per heavy atom. The molecule has 0 aromatic heterocycles. The van der Waals surface area contributed by atoms with E-state index in [-0.39, 0.29) is 26.6 Å². The topological polar surface area (TPSA) is 9.23 Å². The summed E-state index contributed by atoms with van der Waals surface area (Å²) in [6.07, 6.45) is 6.13. The van der Waals surface area contributed by atoms with E-state index in [9.17, 15) is 0 Å². The molecule has 2 aliphatic carbocycles. The molecular formula is C15H19Br2ClO. The summed E-state index contributed by atoms with van der Waals surface area (Å²) in [6.45, 7) is 11.0. The van der Waals surface area contributed by atoms with Gasteiger partial charge >= 0.3 is 0 Å². The number of fused-ring (bicyclic) bond motifs is 1. The van der Waals surface area contributed by atoms with Gasteiger partial charge in [0, 0.05) is 15.7 Å². The van der Waals surface area contributed by atoms with E-state index < -0.39 is 4.51 Å². The number of rotatable bonds is 0. The van der Waals surface area contributed by atoms with Gasteiger partial charge in [-0.2, -0.15) is 0 Å². The Bertz CT molecular complexity index is 485. The van der Waals surface area contributed by atoms with Crippen LogP contribution in [0.4, 0.5) is 0 Å². The van der Waals surface area contributed by atoms with E-state index in [1.807, 2.05) is 0 Å². The highest BCUT2D eigenvalue weighted by Gasteiger charge is 2.72. The molecule has 19 heavy (non-hydrogen) atoms. The van der Waals surface area contributed by atoms with Crippen molar-refractivity contribution in [3.63, 3.8) is 0 Å². The van der Waals surface area contributed by atoms with Crippen molar-refractivity contribution in [1.82, 2.24) is 0 Å². The van der Waals surface area contributed by atoms with Gasteiger partial charge in [0.2, 0.25) is 0 Å². The Morgan fingerprint density at radius 1 is 1.37 bits per heavy atom. The molecule has 1 aliphatic heterocycles. The second kappa shape index (κ2) is 3.91. The van der Waals surface area contributed by atoms with Crippen molar-refractivity contribution in [3.8, 4) is 0 Å². The lowest BCUT2D eigenvalue weighted by atomic mass is 9.51. The van der Waals surface area contributed by atoms with Gasteiger partial charge in [-0.1, -0.05) is 42.4 Å². The van der Waals surface area contributed by atoms with Crippen LogP contribution in [0.5, 0.6) is 0 Å². The van der Waals surface area contributed by atoms with Crippen molar-refractivity contribution in [2.24, 2.45) is 10.8 Å². The molecule has 2 fully saturated rings. The highest BCUT2D eigenvalue weighted by atomic mass is 79.9. The monoisotopic (exact) mass is 408 g/mol. The van der Waals surface area contributed by atoms with Crippen molar-refractivity contribution in [1.29, 1.82) is 0 Å². The van der Waals surface area contributed by atoms with Gasteiger partial charge in [-0.3, -0.25) is 0 Å². The first-order valence-electron chi connectivity index (χ1n) is 6.65. The van der Waals surface area contributed by atoms with E-state index in [1.54, 1.807) is 0 Å². The quantitative estimate of drug-likeness (QED) is 0.501. The van der Waals surface area contributed by atoms with Crippen LogP contribution in [-0.4, -0.2) is 20.3 Å². The van der Waals surface area contributed by atoms with Crippen LogP contribution in [0.2, 0.25) is 0 Å². The fourth-order valence-electron chi connectivity index (χ4n) is 4.09. The largest absolute Gasteiger partial charge is 0.355 e. The molecule has 2 bridgehead atoms. The van der Waals surface area contributed by atoms with Crippen molar-refractivity contribution in [2.45, 2.75) is 53.9 Å². The number of hydrogen-bond acceptors (Lipinski definition) is 1. The van der Waals surface area contributed by atoms with E-state index in [0.29, 0.717) is 0 Å². The number of ether oxygens (including phenoxy) is 1. The van der Waals surface area contributed by atoms with E-state index in [0.717, 1.165) is 12.8 Å². The Balaban J connectivity index is 2.17. The predicted molar refractivity (Wildman–Crippen MR) is 87.2 cm³/mol. The van der Waals surface area contributed by atoms with Gasteiger partial charge in [0.25, 0.3) is 0 Å².